The van der Waals surface area contributed by atoms with Gasteiger partial charge in [-0.3, -0.25) is 4.79 Å². The van der Waals surface area contributed by atoms with Crippen molar-refractivity contribution >= 4 is 11.5 Å². The lowest BCUT2D eigenvalue weighted by molar-refractivity contribution is -0.119. The lowest BCUT2D eigenvalue weighted by atomic mass is 9.95. The molecule has 0 spiro atoms. The molecule has 0 bridgehead atoms. The van der Waals surface area contributed by atoms with Crippen LogP contribution in [-0.2, 0) is 17.8 Å². The van der Waals surface area contributed by atoms with E-state index in [1.54, 1.807) is 4.68 Å². The molecule has 5 heteroatoms. The summed E-state index contributed by atoms with van der Waals surface area (Å²) in [4.78, 5) is 16.6. The number of benzene rings is 1. The maximum atomic E-state index is 12.4. The molecule has 1 unspecified atom stereocenters. The molecule has 2 heterocycles. The van der Waals surface area contributed by atoms with Gasteiger partial charge in [-0.25, -0.2) is 9.67 Å². The highest BCUT2D eigenvalue weighted by Crippen LogP contribution is 2.32. The van der Waals surface area contributed by atoms with Crippen LogP contribution in [-0.4, -0.2) is 27.1 Å². The summed E-state index contributed by atoms with van der Waals surface area (Å²) in [5.41, 5.74) is 2.16. The van der Waals surface area contributed by atoms with E-state index in [2.05, 4.69) is 15.4 Å². The van der Waals surface area contributed by atoms with E-state index in [1.807, 2.05) is 31.2 Å². The van der Waals surface area contributed by atoms with Gasteiger partial charge in [-0.15, -0.1) is 0 Å². The molecule has 1 atom stereocenters. The van der Waals surface area contributed by atoms with Crippen molar-refractivity contribution in [1.29, 1.82) is 0 Å². The Morgan fingerprint density at radius 2 is 2.32 bits per heavy atom. The number of carbonyl (C=O) groups is 1. The highest BCUT2D eigenvalue weighted by Gasteiger charge is 2.28. The van der Waals surface area contributed by atoms with E-state index in [4.69, 9.17) is 0 Å². The number of nitrogens with one attached hydrogen (secondary N) is 1. The summed E-state index contributed by atoms with van der Waals surface area (Å²) >= 11 is 0. The van der Waals surface area contributed by atoms with Crippen LogP contribution in [0.2, 0.25) is 0 Å². The Morgan fingerprint density at radius 3 is 3.16 bits per heavy atom. The van der Waals surface area contributed by atoms with Crippen LogP contribution in [0.4, 0.5) is 5.69 Å². The molecule has 3 rings (SSSR count). The normalized spacial score (nSPS) is 17.0. The van der Waals surface area contributed by atoms with Crippen molar-refractivity contribution in [3.05, 3.63) is 42.0 Å². The number of ketones is 1. The SMILES string of the molecule is CCn1ncnc1CC(=O)C1CNc2ccccc21. The zero-order valence-corrected chi connectivity index (χ0v) is 10.8. The first-order chi connectivity index (χ1) is 9.29. The van der Waals surface area contributed by atoms with Gasteiger partial charge in [0, 0.05) is 18.8 Å². The molecule has 1 aliphatic heterocycles. The molecule has 0 saturated carbocycles. The minimum Gasteiger partial charge on any atom is -0.384 e. The molecule has 1 aromatic carbocycles. The molecule has 0 saturated heterocycles. The highest BCUT2D eigenvalue weighted by molar-refractivity contribution is 5.90. The number of hydrogen-bond acceptors (Lipinski definition) is 4. The quantitative estimate of drug-likeness (QED) is 0.903. The fraction of sp³-hybridized carbons (Fsp3) is 0.357. The van der Waals surface area contributed by atoms with Crippen molar-refractivity contribution in [3.63, 3.8) is 0 Å². The molecular formula is C14H16N4O. The Balaban J connectivity index is 1.79. The zero-order chi connectivity index (χ0) is 13.2. The van der Waals surface area contributed by atoms with E-state index >= 15 is 0 Å². The molecule has 1 aliphatic rings. The predicted octanol–water partition coefficient (Wildman–Crippen LogP) is 1.62. The number of carbonyl (C=O) groups excluding carboxylic acids is 1. The molecule has 0 aliphatic carbocycles. The number of aryl methyl sites for hydroxylation is 1. The molecule has 0 amide bonds. The average molecular weight is 256 g/mol. The Morgan fingerprint density at radius 1 is 1.47 bits per heavy atom. The summed E-state index contributed by atoms with van der Waals surface area (Å²) in [7, 11) is 0. The van der Waals surface area contributed by atoms with Gasteiger partial charge in [-0.1, -0.05) is 18.2 Å². The Hall–Kier alpha value is -2.17. The summed E-state index contributed by atoms with van der Waals surface area (Å²) in [6, 6.07) is 7.98. The van der Waals surface area contributed by atoms with Crippen LogP contribution in [0.1, 0.15) is 24.2 Å². The first-order valence-electron chi connectivity index (χ1n) is 6.51. The Bertz CT molecular complexity index is 605. The van der Waals surface area contributed by atoms with Gasteiger partial charge in [-0.05, 0) is 18.6 Å². The van der Waals surface area contributed by atoms with Crippen LogP contribution < -0.4 is 5.32 Å². The first-order valence-corrected chi connectivity index (χ1v) is 6.51. The maximum absolute atomic E-state index is 12.4. The number of hydrogen-bond donors (Lipinski definition) is 1. The number of nitrogens with zero attached hydrogens (tertiary/aromatic N) is 3. The van der Waals surface area contributed by atoms with E-state index < -0.39 is 0 Å². The van der Waals surface area contributed by atoms with Crippen LogP contribution >= 0.6 is 0 Å². The summed E-state index contributed by atoms with van der Waals surface area (Å²) in [5.74, 6) is 0.871. The topological polar surface area (TPSA) is 59.8 Å². The molecule has 1 N–H and O–H groups in total. The minimum absolute atomic E-state index is 0.0711. The van der Waals surface area contributed by atoms with Gasteiger partial charge in [0.05, 0.1) is 12.3 Å². The van der Waals surface area contributed by atoms with Gasteiger partial charge in [0.25, 0.3) is 0 Å². The fourth-order valence-corrected chi connectivity index (χ4v) is 2.54. The molecule has 19 heavy (non-hydrogen) atoms. The summed E-state index contributed by atoms with van der Waals surface area (Å²) in [5, 5.41) is 7.37. The second-order valence-electron chi connectivity index (χ2n) is 4.66. The Kier molecular flexibility index (Phi) is 3.03. The molecule has 0 radical (unpaired) electrons. The number of fused-ring (bicyclic) bond motifs is 1. The van der Waals surface area contributed by atoms with Gasteiger partial charge in [0.2, 0.25) is 0 Å². The van der Waals surface area contributed by atoms with Gasteiger partial charge in [-0.2, -0.15) is 5.10 Å². The van der Waals surface area contributed by atoms with Crippen LogP contribution in [0.15, 0.2) is 30.6 Å². The number of para-hydroxylation sites is 1. The second-order valence-corrected chi connectivity index (χ2v) is 4.66. The van der Waals surface area contributed by atoms with Crippen molar-refractivity contribution in [1.82, 2.24) is 14.8 Å². The number of anilines is 1. The molecule has 2 aromatic rings. The van der Waals surface area contributed by atoms with E-state index in [0.717, 1.165) is 23.6 Å². The third kappa shape index (κ3) is 2.12. The fourth-order valence-electron chi connectivity index (χ4n) is 2.54. The summed E-state index contributed by atoms with van der Waals surface area (Å²) < 4.78 is 1.77. The van der Waals surface area contributed by atoms with Gasteiger partial charge in [0.1, 0.15) is 17.9 Å². The Labute approximate surface area is 111 Å². The largest absolute Gasteiger partial charge is 0.384 e. The van der Waals surface area contributed by atoms with Gasteiger partial charge in [0.15, 0.2) is 0 Å². The molecule has 1 aromatic heterocycles. The number of Topliss-reactive ketones (excluding diaryl/α,β-unsaturated/α-hetero) is 1. The smallest absolute Gasteiger partial charge is 0.149 e. The zero-order valence-electron chi connectivity index (χ0n) is 10.8. The maximum Gasteiger partial charge on any atom is 0.149 e. The first kappa shape index (κ1) is 11.9. The monoisotopic (exact) mass is 256 g/mol. The third-order valence-corrected chi connectivity index (χ3v) is 3.55. The average Bonchev–Trinajstić information content (AvgIpc) is 3.04. The van der Waals surface area contributed by atoms with E-state index in [9.17, 15) is 4.79 Å². The van der Waals surface area contributed by atoms with Crippen molar-refractivity contribution in [3.8, 4) is 0 Å². The van der Waals surface area contributed by atoms with Crippen LogP contribution in [0.25, 0.3) is 0 Å². The van der Waals surface area contributed by atoms with Gasteiger partial charge >= 0.3 is 0 Å². The van der Waals surface area contributed by atoms with Crippen LogP contribution in [0.5, 0.6) is 0 Å². The molecular weight excluding hydrogens is 240 g/mol. The lowest BCUT2D eigenvalue weighted by Crippen LogP contribution is -2.19. The van der Waals surface area contributed by atoms with Crippen molar-refractivity contribution < 1.29 is 4.79 Å². The minimum atomic E-state index is -0.0711. The van der Waals surface area contributed by atoms with Crippen molar-refractivity contribution in [2.24, 2.45) is 0 Å². The highest BCUT2D eigenvalue weighted by atomic mass is 16.1. The molecule has 98 valence electrons. The predicted molar refractivity (Wildman–Crippen MR) is 72.1 cm³/mol. The lowest BCUT2D eigenvalue weighted by Gasteiger charge is -2.09. The second kappa shape index (κ2) is 4.84. The summed E-state index contributed by atoms with van der Waals surface area (Å²) in [6.45, 7) is 3.41. The van der Waals surface area contributed by atoms with Crippen LogP contribution in [0, 0.1) is 0 Å². The van der Waals surface area contributed by atoms with E-state index in [1.165, 1.54) is 6.33 Å². The number of aromatic nitrogens is 3. The number of rotatable bonds is 4. The molecule has 0 fully saturated rings. The van der Waals surface area contributed by atoms with Crippen LogP contribution in [0.3, 0.4) is 0 Å². The standard InChI is InChI=1S/C14H16N4O/c1-2-18-14(16-9-17-18)7-13(19)11-8-15-12-6-4-3-5-10(11)12/h3-6,9,11,15H,2,7-8H2,1H3. The molecule has 5 nitrogen and oxygen atoms in total. The van der Waals surface area contributed by atoms with Crippen molar-refractivity contribution in [2.75, 3.05) is 11.9 Å². The van der Waals surface area contributed by atoms with Gasteiger partial charge < -0.3 is 5.32 Å². The third-order valence-electron chi connectivity index (χ3n) is 3.55. The summed E-state index contributed by atoms with van der Waals surface area (Å²) in [6.07, 6.45) is 1.85. The van der Waals surface area contributed by atoms with Crippen molar-refractivity contribution in [2.45, 2.75) is 25.8 Å². The van der Waals surface area contributed by atoms with E-state index in [-0.39, 0.29) is 11.7 Å². The van der Waals surface area contributed by atoms with E-state index in [0.29, 0.717) is 13.0 Å².